The number of alkyl halides is 5. The van der Waals surface area contributed by atoms with Crippen LogP contribution in [0.3, 0.4) is 0 Å². The molecule has 2 unspecified atom stereocenters. The van der Waals surface area contributed by atoms with Crippen LogP contribution in [0.2, 0.25) is 0 Å². The molecule has 5 nitrogen and oxygen atoms in total. The molecular weight excluding hydrogens is 293 g/mol. The monoisotopic (exact) mass is 307 g/mol. The lowest BCUT2D eigenvalue weighted by Gasteiger charge is -2.36. The van der Waals surface area contributed by atoms with E-state index in [1.807, 2.05) is 0 Å². The number of halogens is 5. The van der Waals surface area contributed by atoms with E-state index in [9.17, 15) is 26.7 Å². The van der Waals surface area contributed by atoms with Gasteiger partial charge in [0.15, 0.2) is 0 Å². The second-order valence-corrected chi connectivity index (χ2v) is 4.24. The fourth-order valence-electron chi connectivity index (χ4n) is 1.82. The molecule has 0 aromatic rings. The van der Waals surface area contributed by atoms with Crippen LogP contribution in [0.1, 0.15) is 6.42 Å². The number of carbonyl (C=O) groups is 1. The highest BCUT2D eigenvalue weighted by molar-refractivity contribution is 5.65. The molecule has 1 heterocycles. The summed E-state index contributed by atoms with van der Waals surface area (Å²) in [5.41, 5.74) is 0. The largest absolute Gasteiger partial charge is 0.465 e. The molecule has 0 aromatic heterocycles. The van der Waals surface area contributed by atoms with Gasteiger partial charge in [-0.15, -0.1) is 0 Å². The molecule has 1 amide bonds. The van der Waals surface area contributed by atoms with Gasteiger partial charge in [-0.05, 0) is 6.42 Å². The van der Waals surface area contributed by atoms with E-state index in [1.54, 1.807) is 0 Å². The molecule has 1 N–H and O–H groups in total. The zero-order valence-electron chi connectivity index (χ0n) is 10.3. The average Bonchev–Trinajstić information content (AvgIpc) is 2.33. The third-order valence-corrected chi connectivity index (χ3v) is 2.67. The summed E-state index contributed by atoms with van der Waals surface area (Å²) in [6, 6.07) is 0. The van der Waals surface area contributed by atoms with Gasteiger partial charge in [-0.3, -0.25) is 0 Å². The summed E-state index contributed by atoms with van der Waals surface area (Å²) in [5, 5.41) is 8.78. The Balaban J connectivity index is 2.59. The predicted octanol–water partition coefficient (Wildman–Crippen LogP) is 1.97. The lowest BCUT2D eigenvalue weighted by Crippen LogP contribution is -2.51. The van der Waals surface area contributed by atoms with E-state index in [1.165, 1.54) is 0 Å². The summed E-state index contributed by atoms with van der Waals surface area (Å²) in [6.45, 7) is -2.86. The molecule has 0 saturated carbocycles. The molecule has 2 atom stereocenters. The molecule has 0 spiro atoms. The molecule has 1 saturated heterocycles. The fourth-order valence-corrected chi connectivity index (χ4v) is 1.82. The van der Waals surface area contributed by atoms with Gasteiger partial charge in [0.2, 0.25) is 0 Å². The third kappa shape index (κ3) is 5.87. The highest BCUT2D eigenvalue weighted by Gasteiger charge is 2.37. The number of likely N-dealkylation sites (tertiary alicyclic amines) is 1. The van der Waals surface area contributed by atoms with Crippen molar-refractivity contribution >= 4 is 6.09 Å². The van der Waals surface area contributed by atoms with E-state index < -0.39 is 44.1 Å². The Morgan fingerprint density at radius 3 is 2.45 bits per heavy atom. The molecule has 1 aliphatic rings. The Bertz CT molecular complexity index is 325. The first kappa shape index (κ1) is 16.9. The van der Waals surface area contributed by atoms with Crippen LogP contribution in [-0.4, -0.2) is 67.2 Å². The number of hydrogen-bond acceptors (Lipinski definition) is 3. The smallest absolute Gasteiger partial charge is 0.411 e. The molecule has 0 aromatic carbocycles. The maximum Gasteiger partial charge on any atom is 0.411 e. The van der Waals surface area contributed by atoms with Gasteiger partial charge in [-0.1, -0.05) is 0 Å². The second kappa shape index (κ2) is 7.02. The minimum atomic E-state index is -4.58. The molecule has 1 rings (SSSR count). The highest BCUT2D eigenvalue weighted by Crippen LogP contribution is 2.22. The number of carboxylic acid groups (broad SMARTS) is 1. The number of rotatable bonds is 5. The van der Waals surface area contributed by atoms with Crippen LogP contribution >= 0.6 is 0 Å². The Labute approximate surface area is 111 Å². The van der Waals surface area contributed by atoms with Crippen LogP contribution in [0, 0.1) is 0 Å². The van der Waals surface area contributed by atoms with Crippen molar-refractivity contribution in [1.82, 2.24) is 4.90 Å². The minimum absolute atomic E-state index is 0.00153. The van der Waals surface area contributed by atoms with Gasteiger partial charge < -0.3 is 19.5 Å². The second-order valence-electron chi connectivity index (χ2n) is 4.24. The third-order valence-electron chi connectivity index (χ3n) is 2.67. The van der Waals surface area contributed by atoms with Crippen LogP contribution in [0.4, 0.5) is 26.7 Å². The molecular formula is C10H14F5NO4. The average molecular weight is 307 g/mol. The first-order valence-electron chi connectivity index (χ1n) is 5.75. The van der Waals surface area contributed by atoms with Crippen molar-refractivity contribution in [2.45, 2.75) is 31.2 Å². The molecule has 10 heteroatoms. The van der Waals surface area contributed by atoms with Gasteiger partial charge >= 0.3 is 12.3 Å². The maximum absolute atomic E-state index is 12.1. The normalized spacial score (nSPS) is 24.2. The summed E-state index contributed by atoms with van der Waals surface area (Å²) in [6.07, 6.45) is -10.9. The summed E-state index contributed by atoms with van der Waals surface area (Å²) < 4.78 is 69.7. The van der Waals surface area contributed by atoms with Crippen molar-refractivity contribution in [2.75, 3.05) is 26.3 Å². The molecule has 118 valence electrons. The van der Waals surface area contributed by atoms with Crippen LogP contribution < -0.4 is 0 Å². The SMILES string of the molecule is O=C(O)N1CCC(OCC(F)F)C(OCC(F)(F)F)C1. The molecule has 1 aliphatic heterocycles. The summed E-state index contributed by atoms with van der Waals surface area (Å²) in [5.74, 6) is 0. The standard InChI is InChI=1S/C10H14F5NO4/c11-8(12)4-19-6-1-2-16(9(17)18)3-7(6)20-5-10(13,14)15/h6-8H,1-5H2,(H,17,18). The topological polar surface area (TPSA) is 59.0 Å². The van der Waals surface area contributed by atoms with Crippen molar-refractivity contribution in [2.24, 2.45) is 0 Å². The van der Waals surface area contributed by atoms with Gasteiger partial charge in [-0.25, -0.2) is 13.6 Å². The van der Waals surface area contributed by atoms with Gasteiger partial charge in [-0.2, -0.15) is 13.2 Å². The van der Waals surface area contributed by atoms with E-state index in [4.69, 9.17) is 9.84 Å². The lowest BCUT2D eigenvalue weighted by atomic mass is 10.0. The lowest BCUT2D eigenvalue weighted by molar-refractivity contribution is -0.207. The number of nitrogens with zero attached hydrogens (tertiary/aromatic N) is 1. The molecule has 0 aliphatic carbocycles. The van der Waals surface area contributed by atoms with Gasteiger partial charge in [0.1, 0.15) is 19.3 Å². The molecule has 1 fully saturated rings. The van der Waals surface area contributed by atoms with E-state index >= 15 is 0 Å². The Morgan fingerprint density at radius 1 is 1.30 bits per heavy atom. The van der Waals surface area contributed by atoms with Crippen LogP contribution in [0.5, 0.6) is 0 Å². The predicted molar refractivity (Wildman–Crippen MR) is 55.8 cm³/mol. The van der Waals surface area contributed by atoms with E-state index in [0.29, 0.717) is 0 Å². The zero-order valence-corrected chi connectivity index (χ0v) is 10.3. The van der Waals surface area contributed by atoms with Crippen LogP contribution in [-0.2, 0) is 9.47 Å². The Kier molecular flexibility index (Phi) is 5.93. The van der Waals surface area contributed by atoms with Crippen LogP contribution in [0.25, 0.3) is 0 Å². The Morgan fingerprint density at radius 2 is 1.95 bits per heavy atom. The first-order chi connectivity index (χ1) is 9.19. The number of ether oxygens (including phenoxy) is 2. The molecule has 0 radical (unpaired) electrons. The quantitative estimate of drug-likeness (QED) is 0.789. The number of amides is 1. The highest BCUT2D eigenvalue weighted by atomic mass is 19.4. The van der Waals surface area contributed by atoms with Gasteiger partial charge in [0, 0.05) is 6.54 Å². The van der Waals surface area contributed by atoms with E-state index in [0.717, 1.165) is 4.90 Å². The molecule has 20 heavy (non-hydrogen) atoms. The zero-order chi connectivity index (χ0) is 15.3. The summed E-state index contributed by atoms with van der Waals surface area (Å²) >= 11 is 0. The van der Waals surface area contributed by atoms with Crippen molar-refractivity contribution in [3.05, 3.63) is 0 Å². The minimum Gasteiger partial charge on any atom is -0.465 e. The summed E-state index contributed by atoms with van der Waals surface area (Å²) in [4.78, 5) is 11.6. The fraction of sp³-hybridized carbons (Fsp3) is 0.900. The molecule has 0 bridgehead atoms. The van der Waals surface area contributed by atoms with E-state index in [-0.39, 0.29) is 19.5 Å². The van der Waals surface area contributed by atoms with Gasteiger partial charge in [0.25, 0.3) is 6.43 Å². The van der Waals surface area contributed by atoms with Crippen molar-refractivity contribution in [3.8, 4) is 0 Å². The summed E-state index contributed by atoms with van der Waals surface area (Å²) in [7, 11) is 0. The van der Waals surface area contributed by atoms with Gasteiger partial charge in [0.05, 0.1) is 12.6 Å². The van der Waals surface area contributed by atoms with Crippen molar-refractivity contribution in [3.63, 3.8) is 0 Å². The Hall–Kier alpha value is -1.16. The first-order valence-corrected chi connectivity index (χ1v) is 5.75. The number of hydrogen-bond donors (Lipinski definition) is 1. The maximum atomic E-state index is 12.1. The van der Waals surface area contributed by atoms with E-state index in [2.05, 4.69) is 4.74 Å². The van der Waals surface area contributed by atoms with Crippen LogP contribution in [0.15, 0.2) is 0 Å². The number of piperidine rings is 1. The van der Waals surface area contributed by atoms with Crippen molar-refractivity contribution < 1.29 is 41.3 Å². The van der Waals surface area contributed by atoms with Crippen molar-refractivity contribution in [1.29, 1.82) is 0 Å².